The average Bonchev–Trinajstić information content (AvgIpc) is 3.00. The van der Waals surface area contributed by atoms with E-state index >= 15 is 0 Å². The normalized spacial score (nSPS) is 41.3. The number of hydrogen-bond donors (Lipinski definition) is 6. The van der Waals surface area contributed by atoms with E-state index in [9.17, 15) is 25.5 Å². The van der Waals surface area contributed by atoms with Crippen LogP contribution in [0.15, 0.2) is 30.3 Å². The first-order valence-corrected chi connectivity index (χ1v) is 8.95. The van der Waals surface area contributed by atoms with Crippen molar-refractivity contribution in [1.29, 1.82) is 0 Å². The summed E-state index contributed by atoms with van der Waals surface area (Å²) >= 11 is 0. The lowest BCUT2D eigenvalue weighted by molar-refractivity contribution is -0.312. The van der Waals surface area contributed by atoms with Crippen LogP contribution in [0.2, 0.25) is 0 Å². The average molecular weight is 402 g/mol. The van der Waals surface area contributed by atoms with Crippen molar-refractivity contribution in [2.45, 2.75) is 55.3 Å². The van der Waals surface area contributed by atoms with E-state index in [2.05, 4.69) is 0 Å². The number of aliphatic hydroxyl groups is 6. The van der Waals surface area contributed by atoms with Gasteiger partial charge < -0.3 is 49.6 Å². The molecule has 1 aromatic rings. The van der Waals surface area contributed by atoms with Crippen molar-refractivity contribution in [3.8, 4) is 0 Å². The second-order valence-electron chi connectivity index (χ2n) is 7.03. The number of benzene rings is 1. The summed E-state index contributed by atoms with van der Waals surface area (Å²) in [6, 6.07) is 9.14. The molecule has 10 nitrogen and oxygen atoms in total. The van der Waals surface area contributed by atoms with Gasteiger partial charge in [-0.2, -0.15) is 0 Å². The van der Waals surface area contributed by atoms with Crippen LogP contribution >= 0.6 is 0 Å². The minimum Gasteiger partial charge on any atom is -0.393 e. The molecule has 0 unspecified atom stereocenters. The Kier molecular flexibility index (Phi) is 6.99. The molecule has 0 spiro atoms. The molecular formula is C18H26O10. The van der Waals surface area contributed by atoms with Gasteiger partial charge in [0, 0.05) is 0 Å². The van der Waals surface area contributed by atoms with Gasteiger partial charge in [0.25, 0.3) is 0 Å². The number of aliphatic hydroxyl groups excluding tert-OH is 5. The van der Waals surface area contributed by atoms with Crippen LogP contribution in [-0.2, 0) is 25.6 Å². The van der Waals surface area contributed by atoms with E-state index in [0.29, 0.717) is 0 Å². The summed E-state index contributed by atoms with van der Waals surface area (Å²) in [6.45, 7) is -1.24. The fraction of sp³-hybridized carbons (Fsp3) is 0.667. The standard InChI is InChI=1S/C18H26O10/c19-8-18(24)9-27-17(15(18)23)26-7-11-12(20)13(21)14(22)16(28-11)25-6-10-4-2-1-3-5-10/h1-5,11-17,19-24H,6-9H2/t11-,12-,13+,14-,15+,16+,17+,18-/m1/s1. The van der Waals surface area contributed by atoms with Gasteiger partial charge in [-0.15, -0.1) is 0 Å². The third-order valence-corrected chi connectivity index (χ3v) is 4.93. The number of rotatable bonds is 7. The lowest BCUT2D eigenvalue weighted by Gasteiger charge is -2.40. The SMILES string of the molecule is OC[C@@]1(O)CO[C@H](OC[C@H]2O[C@H](OCc3ccccc3)[C@H](O)[C@@H](O)[C@@H]2O)[C@@H]1O. The topological polar surface area (TPSA) is 158 Å². The molecule has 0 radical (unpaired) electrons. The van der Waals surface area contributed by atoms with E-state index in [1.807, 2.05) is 30.3 Å². The maximum Gasteiger partial charge on any atom is 0.187 e. The van der Waals surface area contributed by atoms with Crippen LogP contribution in [0.4, 0.5) is 0 Å². The fourth-order valence-corrected chi connectivity index (χ4v) is 3.07. The molecule has 2 fully saturated rings. The highest BCUT2D eigenvalue weighted by molar-refractivity contribution is 5.13. The third-order valence-electron chi connectivity index (χ3n) is 4.93. The lowest BCUT2D eigenvalue weighted by Crippen LogP contribution is -2.59. The summed E-state index contributed by atoms with van der Waals surface area (Å²) < 4.78 is 21.5. The van der Waals surface area contributed by atoms with Crippen LogP contribution in [0.3, 0.4) is 0 Å². The zero-order chi connectivity index (χ0) is 20.3. The highest BCUT2D eigenvalue weighted by Gasteiger charge is 2.50. The Morgan fingerprint density at radius 1 is 0.964 bits per heavy atom. The zero-order valence-corrected chi connectivity index (χ0v) is 15.1. The molecule has 3 rings (SSSR count). The van der Waals surface area contributed by atoms with Gasteiger partial charge in [0.05, 0.1) is 26.4 Å². The summed E-state index contributed by atoms with van der Waals surface area (Å²) in [5.41, 5.74) is -1.01. The van der Waals surface area contributed by atoms with Crippen molar-refractivity contribution < 1.29 is 49.6 Å². The molecule has 2 aliphatic heterocycles. The molecule has 1 aromatic carbocycles. The first-order valence-electron chi connectivity index (χ1n) is 8.95. The molecule has 0 amide bonds. The van der Waals surface area contributed by atoms with Gasteiger partial charge in [-0.3, -0.25) is 0 Å². The number of hydrogen-bond acceptors (Lipinski definition) is 10. The highest BCUT2D eigenvalue weighted by atomic mass is 16.7. The van der Waals surface area contributed by atoms with Gasteiger partial charge in [-0.05, 0) is 5.56 Å². The van der Waals surface area contributed by atoms with Crippen molar-refractivity contribution in [2.24, 2.45) is 0 Å². The second kappa shape index (κ2) is 9.09. The Bertz CT molecular complexity index is 616. The van der Waals surface area contributed by atoms with Gasteiger partial charge in [0.15, 0.2) is 12.6 Å². The van der Waals surface area contributed by atoms with Crippen molar-refractivity contribution in [1.82, 2.24) is 0 Å². The molecule has 158 valence electrons. The fourth-order valence-electron chi connectivity index (χ4n) is 3.07. The molecule has 2 heterocycles. The molecule has 2 saturated heterocycles. The van der Waals surface area contributed by atoms with E-state index in [1.165, 1.54) is 0 Å². The van der Waals surface area contributed by atoms with Gasteiger partial charge in [0.1, 0.15) is 36.1 Å². The van der Waals surface area contributed by atoms with Crippen LogP contribution < -0.4 is 0 Å². The van der Waals surface area contributed by atoms with Crippen molar-refractivity contribution >= 4 is 0 Å². The van der Waals surface area contributed by atoms with Crippen LogP contribution in [0.25, 0.3) is 0 Å². The van der Waals surface area contributed by atoms with Crippen LogP contribution in [-0.4, -0.2) is 99.2 Å². The predicted molar refractivity (Wildman–Crippen MR) is 91.6 cm³/mol. The molecule has 0 bridgehead atoms. The van der Waals surface area contributed by atoms with E-state index in [-0.39, 0.29) is 19.8 Å². The molecule has 6 N–H and O–H groups in total. The number of ether oxygens (including phenoxy) is 4. The molecule has 8 atom stereocenters. The monoisotopic (exact) mass is 402 g/mol. The van der Waals surface area contributed by atoms with Crippen molar-refractivity contribution in [3.63, 3.8) is 0 Å². The van der Waals surface area contributed by atoms with Crippen LogP contribution in [0, 0.1) is 0 Å². The molecule has 0 saturated carbocycles. The summed E-state index contributed by atoms with van der Waals surface area (Å²) in [7, 11) is 0. The highest BCUT2D eigenvalue weighted by Crippen LogP contribution is 2.27. The largest absolute Gasteiger partial charge is 0.393 e. The van der Waals surface area contributed by atoms with Crippen molar-refractivity contribution in [3.05, 3.63) is 35.9 Å². The van der Waals surface area contributed by atoms with Gasteiger partial charge in [0.2, 0.25) is 0 Å². The molecule has 28 heavy (non-hydrogen) atoms. The minimum absolute atomic E-state index is 0.118. The first kappa shape index (κ1) is 21.5. The molecule has 10 heteroatoms. The van der Waals surface area contributed by atoms with Gasteiger partial charge in [-0.25, -0.2) is 0 Å². The third kappa shape index (κ3) is 4.52. The molecule has 0 aromatic heterocycles. The van der Waals surface area contributed by atoms with Gasteiger partial charge in [-0.1, -0.05) is 30.3 Å². The summed E-state index contributed by atoms with van der Waals surface area (Å²) in [5, 5.41) is 59.4. The Morgan fingerprint density at radius 2 is 1.68 bits per heavy atom. The molecule has 0 aliphatic carbocycles. The van der Waals surface area contributed by atoms with E-state index in [1.54, 1.807) is 0 Å². The first-order chi connectivity index (χ1) is 13.4. The van der Waals surface area contributed by atoms with Crippen LogP contribution in [0.1, 0.15) is 5.56 Å². The van der Waals surface area contributed by atoms with E-state index < -0.39 is 55.3 Å². The zero-order valence-electron chi connectivity index (χ0n) is 15.1. The smallest absolute Gasteiger partial charge is 0.187 e. The quantitative estimate of drug-likeness (QED) is 0.287. The second-order valence-corrected chi connectivity index (χ2v) is 7.03. The van der Waals surface area contributed by atoms with Crippen molar-refractivity contribution in [2.75, 3.05) is 19.8 Å². The Labute approximate surface area is 161 Å². The Balaban J connectivity index is 1.56. The van der Waals surface area contributed by atoms with Crippen LogP contribution in [0.5, 0.6) is 0 Å². The van der Waals surface area contributed by atoms with E-state index in [0.717, 1.165) is 5.56 Å². The Morgan fingerprint density at radius 3 is 2.32 bits per heavy atom. The minimum atomic E-state index is -1.84. The maximum atomic E-state index is 10.1. The molecule has 2 aliphatic rings. The summed E-state index contributed by atoms with van der Waals surface area (Å²) in [6.07, 6.45) is -9.52. The van der Waals surface area contributed by atoms with Gasteiger partial charge >= 0.3 is 0 Å². The lowest BCUT2D eigenvalue weighted by atomic mass is 9.99. The summed E-state index contributed by atoms with van der Waals surface area (Å²) in [4.78, 5) is 0. The maximum absolute atomic E-state index is 10.1. The van der Waals surface area contributed by atoms with E-state index in [4.69, 9.17) is 24.1 Å². The molecular weight excluding hydrogens is 376 g/mol. The Hall–Kier alpha value is -1.18. The predicted octanol–water partition coefficient (Wildman–Crippen LogP) is -2.53. The summed E-state index contributed by atoms with van der Waals surface area (Å²) in [5.74, 6) is 0.